The molecule has 0 N–H and O–H groups in total. The normalized spacial score (nSPS) is 15.3. The van der Waals surface area contributed by atoms with Crippen molar-refractivity contribution < 1.29 is 0 Å². The van der Waals surface area contributed by atoms with Gasteiger partial charge in [0.05, 0.1) is 0 Å². The fraction of sp³-hybridized carbons (Fsp3) is 0.688. The molecule has 3 nitrogen and oxygen atoms in total. The molecule has 110 valence electrons. The second-order valence-corrected chi connectivity index (χ2v) is 4.17. The molecule has 0 bridgehead atoms. The Balaban J connectivity index is 0.00000154. The molecule has 0 unspecified atom stereocenters. The van der Waals surface area contributed by atoms with Crippen molar-refractivity contribution in [2.24, 2.45) is 4.99 Å². The monoisotopic (exact) mass is 265 g/mol. The molecule has 1 saturated heterocycles. The molecular weight excluding hydrogens is 234 g/mol. The van der Waals surface area contributed by atoms with Gasteiger partial charge in [0.1, 0.15) is 0 Å². The van der Waals surface area contributed by atoms with Crippen LogP contribution in [0.4, 0.5) is 0 Å². The number of nitrogens with zero attached hydrogens (tertiary/aromatic N) is 3. The Morgan fingerprint density at radius 1 is 0.895 bits per heavy atom. The van der Waals surface area contributed by atoms with Gasteiger partial charge in [-0.05, 0) is 12.8 Å². The highest BCUT2D eigenvalue weighted by molar-refractivity contribution is 5.82. The van der Waals surface area contributed by atoms with Crippen molar-refractivity contribution in [2.45, 2.75) is 40.5 Å². The fourth-order valence-corrected chi connectivity index (χ4v) is 2.01. The summed E-state index contributed by atoms with van der Waals surface area (Å²) in [6.07, 6.45) is 11.1. The number of hydrogen-bond acceptors (Lipinski definition) is 1. The molecule has 1 heterocycles. The molecule has 0 amide bonds. The zero-order chi connectivity index (χ0) is 14.5. The number of guanidine groups is 1. The van der Waals surface area contributed by atoms with E-state index in [0.29, 0.717) is 0 Å². The highest BCUT2D eigenvalue weighted by atomic mass is 15.4. The summed E-state index contributed by atoms with van der Waals surface area (Å²) >= 11 is 0. The van der Waals surface area contributed by atoms with Crippen molar-refractivity contribution in [2.75, 3.05) is 33.2 Å². The number of hydrogen-bond donors (Lipinski definition) is 0. The van der Waals surface area contributed by atoms with Crippen LogP contribution in [0.1, 0.15) is 40.5 Å². The Labute approximate surface area is 119 Å². The Hall–Kier alpha value is -1.25. The molecule has 0 atom stereocenters. The topological polar surface area (TPSA) is 18.8 Å². The van der Waals surface area contributed by atoms with Crippen LogP contribution in [-0.4, -0.2) is 49.0 Å². The van der Waals surface area contributed by atoms with Crippen molar-refractivity contribution in [1.82, 2.24) is 9.80 Å². The van der Waals surface area contributed by atoms with Crippen LogP contribution >= 0.6 is 0 Å². The van der Waals surface area contributed by atoms with Crippen LogP contribution in [-0.2, 0) is 0 Å². The third kappa shape index (κ3) is 6.46. The lowest BCUT2D eigenvalue weighted by Crippen LogP contribution is -2.33. The molecule has 0 aromatic rings. The standard InChI is InChI=1S/C14H25N3.C2H6/c1-4-6-8-10-16-12-13-17(14(16)15-3)11-9-7-5-2;1-2/h6-9H,4-5,10-13H2,1-3H3;1-2H3/b8-6-,9-7-;. The number of allylic oxidation sites excluding steroid dienone is 2. The van der Waals surface area contributed by atoms with E-state index in [1.54, 1.807) is 0 Å². The van der Waals surface area contributed by atoms with Gasteiger partial charge in [-0.2, -0.15) is 0 Å². The maximum atomic E-state index is 4.41. The van der Waals surface area contributed by atoms with Crippen molar-refractivity contribution >= 4 is 5.96 Å². The summed E-state index contributed by atoms with van der Waals surface area (Å²) < 4.78 is 0. The predicted molar refractivity (Wildman–Crippen MR) is 86.7 cm³/mol. The first-order valence-electron chi connectivity index (χ1n) is 7.60. The Bertz CT molecular complexity index is 266. The third-order valence-electron chi connectivity index (χ3n) is 2.86. The zero-order valence-electron chi connectivity index (χ0n) is 13.4. The van der Waals surface area contributed by atoms with E-state index < -0.39 is 0 Å². The lowest BCUT2D eigenvalue weighted by atomic mass is 10.4. The number of rotatable bonds is 6. The van der Waals surface area contributed by atoms with E-state index in [9.17, 15) is 0 Å². The first kappa shape index (κ1) is 17.8. The van der Waals surface area contributed by atoms with E-state index in [1.165, 1.54) is 0 Å². The van der Waals surface area contributed by atoms with Crippen molar-refractivity contribution in [1.29, 1.82) is 0 Å². The van der Waals surface area contributed by atoms with Gasteiger partial charge in [0, 0.05) is 33.2 Å². The first-order valence-corrected chi connectivity index (χ1v) is 7.60. The Morgan fingerprint density at radius 3 is 1.63 bits per heavy atom. The molecule has 3 heteroatoms. The van der Waals surface area contributed by atoms with Crippen molar-refractivity contribution in [3.8, 4) is 0 Å². The molecule has 0 saturated carbocycles. The van der Waals surface area contributed by atoms with Crippen LogP contribution in [0.2, 0.25) is 0 Å². The van der Waals surface area contributed by atoms with Gasteiger partial charge in [-0.1, -0.05) is 52.0 Å². The van der Waals surface area contributed by atoms with Gasteiger partial charge in [-0.25, -0.2) is 0 Å². The second-order valence-electron chi connectivity index (χ2n) is 4.17. The highest BCUT2D eigenvalue weighted by Crippen LogP contribution is 2.08. The highest BCUT2D eigenvalue weighted by Gasteiger charge is 2.23. The summed E-state index contributed by atoms with van der Waals surface area (Å²) in [5, 5.41) is 0. The molecule has 1 rings (SSSR count). The van der Waals surface area contributed by atoms with Crippen LogP contribution in [0.3, 0.4) is 0 Å². The van der Waals surface area contributed by atoms with Crippen LogP contribution in [0.15, 0.2) is 29.3 Å². The van der Waals surface area contributed by atoms with E-state index in [1.807, 2.05) is 20.9 Å². The fourth-order valence-electron chi connectivity index (χ4n) is 2.01. The average Bonchev–Trinajstić information content (AvgIpc) is 2.84. The Morgan fingerprint density at radius 2 is 1.32 bits per heavy atom. The summed E-state index contributed by atoms with van der Waals surface area (Å²) in [7, 11) is 1.88. The van der Waals surface area contributed by atoms with Gasteiger partial charge in [0.2, 0.25) is 0 Å². The average molecular weight is 265 g/mol. The predicted octanol–water partition coefficient (Wildman–Crippen LogP) is 3.55. The Kier molecular flexibility index (Phi) is 11.0. The van der Waals surface area contributed by atoms with Gasteiger partial charge in [0.25, 0.3) is 0 Å². The lowest BCUT2D eigenvalue weighted by molar-refractivity contribution is 0.508. The van der Waals surface area contributed by atoms with Gasteiger partial charge >= 0.3 is 0 Å². The van der Waals surface area contributed by atoms with E-state index in [2.05, 4.69) is 52.9 Å². The molecule has 0 aromatic carbocycles. The minimum atomic E-state index is 0.981. The third-order valence-corrected chi connectivity index (χ3v) is 2.86. The van der Waals surface area contributed by atoms with Crippen molar-refractivity contribution in [3.05, 3.63) is 24.3 Å². The first-order chi connectivity index (χ1) is 9.33. The zero-order valence-corrected chi connectivity index (χ0v) is 13.4. The second kappa shape index (κ2) is 11.8. The molecular formula is C16H31N3. The van der Waals surface area contributed by atoms with Gasteiger partial charge in [-0.3, -0.25) is 4.99 Å². The van der Waals surface area contributed by atoms with Gasteiger partial charge in [-0.15, -0.1) is 0 Å². The van der Waals surface area contributed by atoms with Crippen LogP contribution in [0.25, 0.3) is 0 Å². The molecule has 1 fully saturated rings. The van der Waals surface area contributed by atoms with E-state index in [4.69, 9.17) is 0 Å². The van der Waals surface area contributed by atoms with E-state index in [-0.39, 0.29) is 0 Å². The van der Waals surface area contributed by atoms with E-state index in [0.717, 1.165) is 45.0 Å². The molecule has 19 heavy (non-hydrogen) atoms. The summed E-state index contributed by atoms with van der Waals surface area (Å²) in [4.78, 5) is 9.09. The van der Waals surface area contributed by atoms with Crippen LogP contribution in [0, 0.1) is 0 Å². The minimum Gasteiger partial charge on any atom is -0.337 e. The molecule has 0 aliphatic carbocycles. The van der Waals surface area contributed by atoms with Crippen LogP contribution < -0.4 is 0 Å². The molecule has 1 aliphatic heterocycles. The summed E-state index contributed by atoms with van der Waals surface area (Å²) in [6.45, 7) is 12.5. The SMILES string of the molecule is CC.CC/C=C\CN1CCN(C/C=C\CC)C1=NC. The molecule has 1 aliphatic rings. The maximum Gasteiger partial charge on any atom is 0.197 e. The summed E-state index contributed by atoms with van der Waals surface area (Å²) in [5.41, 5.74) is 0. The number of aliphatic imine (C=N–C) groups is 1. The molecule has 0 radical (unpaired) electrons. The molecule has 0 aromatic heterocycles. The van der Waals surface area contributed by atoms with Crippen LogP contribution in [0.5, 0.6) is 0 Å². The quantitative estimate of drug-likeness (QED) is 0.684. The van der Waals surface area contributed by atoms with Gasteiger partial charge < -0.3 is 9.80 Å². The van der Waals surface area contributed by atoms with Crippen molar-refractivity contribution in [3.63, 3.8) is 0 Å². The minimum absolute atomic E-state index is 0.981. The smallest absolute Gasteiger partial charge is 0.197 e. The largest absolute Gasteiger partial charge is 0.337 e. The maximum absolute atomic E-state index is 4.41. The summed E-state index contributed by atoms with van der Waals surface area (Å²) in [6, 6.07) is 0. The van der Waals surface area contributed by atoms with E-state index >= 15 is 0 Å². The van der Waals surface area contributed by atoms with Gasteiger partial charge in [0.15, 0.2) is 5.96 Å². The molecule has 0 spiro atoms. The summed E-state index contributed by atoms with van der Waals surface area (Å²) in [5.74, 6) is 1.13. The lowest BCUT2D eigenvalue weighted by Gasteiger charge is -2.20.